The van der Waals surface area contributed by atoms with E-state index in [9.17, 15) is 13.2 Å². The van der Waals surface area contributed by atoms with Gasteiger partial charge in [-0.2, -0.15) is 0 Å². The number of carbonyl (C=O) groups is 1. The molecule has 17 heavy (non-hydrogen) atoms. The van der Waals surface area contributed by atoms with Crippen molar-refractivity contribution >= 4 is 27.6 Å². The van der Waals surface area contributed by atoms with Crippen LogP contribution in [0.3, 0.4) is 0 Å². The van der Waals surface area contributed by atoms with E-state index in [1.165, 1.54) is 0 Å². The number of carboxylic acid groups (broad SMARTS) is 1. The van der Waals surface area contributed by atoms with Gasteiger partial charge in [0, 0.05) is 11.6 Å². The number of benzene rings is 1. The average molecular weight is 278 g/mol. The van der Waals surface area contributed by atoms with Crippen LogP contribution in [0.15, 0.2) is 24.3 Å². The standard InChI is InChI=1S/C10H12ClNO4S/c1-7(10(13)14)17(15,16)12-6-8-3-2-4-9(11)5-8/h2-5,7,12H,6H2,1H3,(H,13,14). The van der Waals surface area contributed by atoms with Gasteiger partial charge in [0.15, 0.2) is 5.25 Å². The van der Waals surface area contributed by atoms with Crippen molar-refractivity contribution in [3.63, 3.8) is 0 Å². The van der Waals surface area contributed by atoms with Crippen LogP contribution in [0, 0.1) is 0 Å². The largest absolute Gasteiger partial charge is 0.480 e. The molecule has 0 aliphatic rings. The third kappa shape index (κ3) is 3.99. The topological polar surface area (TPSA) is 83.5 Å². The Labute approximate surface area is 104 Å². The first kappa shape index (κ1) is 14.0. The Kier molecular flexibility index (Phi) is 4.50. The molecule has 7 heteroatoms. The summed E-state index contributed by atoms with van der Waals surface area (Å²) in [6.07, 6.45) is 0. The van der Waals surface area contributed by atoms with Gasteiger partial charge in [-0.15, -0.1) is 0 Å². The van der Waals surface area contributed by atoms with E-state index in [0.29, 0.717) is 10.6 Å². The number of aliphatic carboxylic acids is 1. The van der Waals surface area contributed by atoms with Gasteiger partial charge >= 0.3 is 5.97 Å². The molecule has 1 aromatic carbocycles. The average Bonchev–Trinajstić information content (AvgIpc) is 2.25. The summed E-state index contributed by atoms with van der Waals surface area (Å²) in [5, 5.41) is 7.63. The summed E-state index contributed by atoms with van der Waals surface area (Å²) in [4.78, 5) is 10.6. The van der Waals surface area contributed by atoms with Crippen molar-refractivity contribution in [3.05, 3.63) is 34.9 Å². The van der Waals surface area contributed by atoms with Gasteiger partial charge in [-0.3, -0.25) is 4.79 Å². The highest BCUT2D eigenvalue weighted by Gasteiger charge is 2.26. The maximum atomic E-state index is 11.5. The quantitative estimate of drug-likeness (QED) is 0.848. The molecule has 0 saturated heterocycles. The summed E-state index contributed by atoms with van der Waals surface area (Å²) in [6, 6.07) is 6.65. The van der Waals surface area contributed by atoms with Gasteiger partial charge in [-0.05, 0) is 24.6 Å². The molecule has 0 fully saturated rings. The van der Waals surface area contributed by atoms with Crippen LogP contribution in [-0.4, -0.2) is 24.7 Å². The van der Waals surface area contributed by atoms with E-state index in [-0.39, 0.29) is 6.54 Å². The van der Waals surface area contributed by atoms with E-state index in [2.05, 4.69) is 4.72 Å². The molecule has 0 aliphatic carbocycles. The van der Waals surface area contributed by atoms with Crippen LogP contribution in [-0.2, 0) is 21.4 Å². The SMILES string of the molecule is CC(C(=O)O)S(=O)(=O)NCc1cccc(Cl)c1. The van der Waals surface area contributed by atoms with Gasteiger partial charge in [0.1, 0.15) is 0 Å². The summed E-state index contributed by atoms with van der Waals surface area (Å²) in [7, 11) is -3.86. The van der Waals surface area contributed by atoms with Gasteiger partial charge in [0.2, 0.25) is 10.0 Å². The molecule has 5 nitrogen and oxygen atoms in total. The van der Waals surface area contributed by atoms with Crippen LogP contribution in [0.25, 0.3) is 0 Å². The highest BCUT2D eigenvalue weighted by atomic mass is 35.5. The highest BCUT2D eigenvalue weighted by molar-refractivity contribution is 7.90. The lowest BCUT2D eigenvalue weighted by Crippen LogP contribution is -2.37. The van der Waals surface area contributed by atoms with E-state index in [1.54, 1.807) is 24.3 Å². The summed E-state index contributed by atoms with van der Waals surface area (Å²) >= 11 is 5.74. The monoisotopic (exact) mass is 277 g/mol. The molecule has 0 heterocycles. The van der Waals surface area contributed by atoms with Crippen molar-refractivity contribution in [1.29, 1.82) is 0 Å². The smallest absolute Gasteiger partial charge is 0.323 e. The van der Waals surface area contributed by atoms with E-state index in [4.69, 9.17) is 16.7 Å². The zero-order valence-electron chi connectivity index (χ0n) is 9.05. The predicted molar refractivity (Wildman–Crippen MR) is 64.3 cm³/mol. The number of hydrogen-bond donors (Lipinski definition) is 2. The van der Waals surface area contributed by atoms with Gasteiger partial charge in [0.25, 0.3) is 0 Å². The molecule has 0 bridgehead atoms. The molecule has 94 valence electrons. The first-order chi connectivity index (χ1) is 7.83. The summed E-state index contributed by atoms with van der Waals surface area (Å²) in [5.41, 5.74) is 0.665. The van der Waals surface area contributed by atoms with Crippen molar-refractivity contribution in [3.8, 4) is 0 Å². The maximum Gasteiger partial charge on any atom is 0.323 e. The second kappa shape index (κ2) is 5.48. The minimum atomic E-state index is -3.86. The highest BCUT2D eigenvalue weighted by Crippen LogP contribution is 2.11. The van der Waals surface area contributed by atoms with Crippen LogP contribution >= 0.6 is 11.6 Å². The molecule has 0 aliphatic heterocycles. The Morgan fingerprint density at radius 2 is 2.18 bits per heavy atom. The molecule has 1 aromatic rings. The summed E-state index contributed by atoms with van der Waals surface area (Å²) in [5.74, 6) is -1.39. The Morgan fingerprint density at radius 1 is 1.53 bits per heavy atom. The summed E-state index contributed by atoms with van der Waals surface area (Å²) in [6.45, 7) is 1.13. The third-order valence-corrected chi connectivity index (χ3v) is 4.09. The van der Waals surface area contributed by atoms with Crippen LogP contribution in [0.4, 0.5) is 0 Å². The molecule has 0 radical (unpaired) electrons. The molecule has 1 atom stereocenters. The Morgan fingerprint density at radius 3 is 2.71 bits per heavy atom. The lowest BCUT2D eigenvalue weighted by atomic mass is 10.2. The molecule has 2 N–H and O–H groups in total. The fraction of sp³-hybridized carbons (Fsp3) is 0.300. The van der Waals surface area contributed by atoms with E-state index in [1.807, 2.05) is 0 Å². The molecule has 0 amide bonds. The number of hydrogen-bond acceptors (Lipinski definition) is 3. The lowest BCUT2D eigenvalue weighted by Gasteiger charge is -2.10. The second-order valence-electron chi connectivity index (χ2n) is 3.48. The number of nitrogens with one attached hydrogen (secondary N) is 1. The Hall–Kier alpha value is -1.11. The van der Waals surface area contributed by atoms with Crippen molar-refractivity contribution in [2.45, 2.75) is 18.7 Å². The zero-order chi connectivity index (χ0) is 13.1. The zero-order valence-corrected chi connectivity index (χ0v) is 10.6. The minimum absolute atomic E-state index is 0.0144. The Bertz CT molecular complexity index is 515. The van der Waals surface area contributed by atoms with Crippen molar-refractivity contribution in [2.24, 2.45) is 0 Å². The van der Waals surface area contributed by atoms with Crippen LogP contribution in [0.5, 0.6) is 0 Å². The number of carboxylic acids is 1. The lowest BCUT2D eigenvalue weighted by molar-refractivity contribution is -0.136. The number of sulfonamides is 1. The maximum absolute atomic E-state index is 11.5. The molecule has 0 aromatic heterocycles. The second-order valence-corrected chi connectivity index (χ2v) is 6.00. The first-order valence-corrected chi connectivity index (χ1v) is 6.71. The van der Waals surface area contributed by atoms with Crippen molar-refractivity contribution < 1.29 is 18.3 Å². The van der Waals surface area contributed by atoms with Gasteiger partial charge < -0.3 is 5.11 Å². The molecule has 0 spiro atoms. The molecular weight excluding hydrogens is 266 g/mol. The molecule has 0 saturated carbocycles. The van der Waals surface area contributed by atoms with Crippen molar-refractivity contribution in [1.82, 2.24) is 4.72 Å². The molecule has 1 rings (SSSR count). The predicted octanol–water partition coefficient (Wildman–Crippen LogP) is 1.23. The normalized spacial score (nSPS) is 13.3. The van der Waals surface area contributed by atoms with Crippen LogP contribution < -0.4 is 4.72 Å². The Balaban J connectivity index is 2.71. The van der Waals surface area contributed by atoms with E-state index >= 15 is 0 Å². The van der Waals surface area contributed by atoms with Gasteiger partial charge in [-0.1, -0.05) is 23.7 Å². The van der Waals surface area contributed by atoms with Gasteiger partial charge in [0.05, 0.1) is 0 Å². The van der Waals surface area contributed by atoms with Gasteiger partial charge in [-0.25, -0.2) is 13.1 Å². The third-order valence-electron chi connectivity index (χ3n) is 2.18. The fourth-order valence-electron chi connectivity index (χ4n) is 1.09. The number of rotatable bonds is 5. The van der Waals surface area contributed by atoms with Crippen LogP contribution in [0.1, 0.15) is 12.5 Å². The minimum Gasteiger partial charge on any atom is -0.480 e. The number of halogens is 1. The first-order valence-electron chi connectivity index (χ1n) is 4.78. The molecular formula is C10H12ClNO4S. The fourth-order valence-corrected chi connectivity index (χ4v) is 2.18. The van der Waals surface area contributed by atoms with Crippen molar-refractivity contribution in [2.75, 3.05) is 0 Å². The van der Waals surface area contributed by atoms with E-state index in [0.717, 1.165) is 6.92 Å². The molecule has 1 unspecified atom stereocenters. The summed E-state index contributed by atoms with van der Waals surface area (Å²) < 4.78 is 25.2. The van der Waals surface area contributed by atoms with E-state index < -0.39 is 21.2 Å². The van der Waals surface area contributed by atoms with Crippen LogP contribution in [0.2, 0.25) is 5.02 Å².